The first-order valence-corrected chi connectivity index (χ1v) is 9.89. The van der Waals surface area contributed by atoms with Gasteiger partial charge >= 0.3 is 0 Å². The number of aromatic nitrogens is 1. The minimum atomic E-state index is 0.503. The Morgan fingerprint density at radius 3 is 2.48 bits per heavy atom. The Balaban J connectivity index is 0.000000196. The Hall–Kier alpha value is -1.33. The minimum absolute atomic E-state index is 0.503. The van der Waals surface area contributed by atoms with E-state index in [1.165, 1.54) is 25.7 Å². The molecule has 1 saturated carbocycles. The monoisotopic (exact) mass is 348 g/mol. The van der Waals surface area contributed by atoms with Gasteiger partial charge in [-0.15, -0.1) is 0 Å². The van der Waals surface area contributed by atoms with Crippen molar-refractivity contribution in [1.29, 1.82) is 0 Å². The van der Waals surface area contributed by atoms with Crippen LogP contribution in [0.5, 0.6) is 0 Å². The zero-order chi connectivity index (χ0) is 18.1. The number of nitrogens with zero attached hydrogens (tertiary/aromatic N) is 1. The van der Waals surface area contributed by atoms with E-state index in [9.17, 15) is 0 Å². The molecule has 25 heavy (non-hydrogen) atoms. The average molecular weight is 349 g/mol. The highest BCUT2D eigenvalue weighted by Crippen LogP contribution is 2.25. The second kappa shape index (κ2) is 10.6. The van der Waals surface area contributed by atoms with Crippen molar-refractivity contribution in [3.8, 4) is 0 Å². The fraction of sp³-hybridized carbons (Fsp3) is 0.750. The molecule has 1 aromatic heterocycles. The molecule has 1 saturated heterocycles. The molecule has 4 N–H and O–H groups in total. The Labute approximate surface area is 153 Å². The van der Waals surface area contributed by atoms with Crippen molar-refractivity contribution >= 4 is 11.5 Å². The second-order valence-corrected chi connectivity index (χ2v) is 7.46. The van der Waals surface area contributed by atoms with Gasteiger partial charge in [-0.2, -0.15) is 0 Å². The number of nitrogens with one attached hydrogen (secondary N) is 2. The molecule has 0 atom stereocenters. The zero-order valence-corrected chi connectivity index (χ0v) is 16.2. The van der Waals surface area contributed by atoms with Crippen LogP contribution in [0.25, 0.3) is 0 Å². The third kappa shape index (κ3) is 7.20. The molecular weight excluding hydrogens is 312 g/mol. The van der Waals surface area contributed by atoms with E-state index in [1.807, 2.05) is 19.2 Å². The van der Waals surface area contributed by atoms with E-state index in [-0.39, 0.29) is 0 Å². The number of hydrogen-bond acceptors (Lipinski definition) is 5. The fourth-order valence-corrected chi connectivity index (χ4v) is 3.50. The largest absolute Gasteiger partial charge is 0.396 e. The van der Waals surface area contributed by atoms with Gasteiger partial charge in [0.25, 0.3) is 0 Å². The first kappa shape index (κ1) is 20.0. The summed E-state index contributed by atoms with van der Waals surface area (Å²) in [5, 5.41) is 6.73. The van der Waals surface area contributed by atoms with E-state index in [4.69, 9.17) is 10.5 Å². The number of rotatable bonds is 4. The Morgan fingerprint density at radius 2 is 1.88 bits per heavy atom. The zero-order valence-electron chi connectivity index (χ0n) is 16.2. The summed E-state index contributed by atoms with van der Waals surface area (Å²) in [5.41, 5.74) is 7.74. The van der Waals surface area contributed by atoms with Crippen molar-refractivity contribution in [2.75, 3.05) is 30.7 Å². The van der Waals surface area contributed by atoms with Crippen molar-refractivity contribution in [1.82, 2.24) is 10.3 Å². The van der Waals surface area contributed by atoms with Gasteiger partial charge in [0.1, 0.15) is 5.82 Å². The molecule has 0 aromatic carbocycles. The molecule has 0 unspecified atom stereocenters. The molecule has 0 radical (unpaired) electrons. The topological polar surface area (TPSA) is 72.2 Å². The van der Waals surface area contributed by atoms with E-state index in [1.54, 1.807) is 0 Å². The first-order chi connectivity index (χ1) is 12.1. The van der Waals surface area contributed by atoms with Crippen molar-refractivity contribution in [2.45, 2.75) is 71.4 Å². The fourth-order valence-electron chi connectivity index (χ4n) is 3.50. The highest BCUT2D eigenvalue weighted by Gasteiger charge is 2.17. The molecule has 3 rings (SSSR count). The summed E-state index contributed by atoms with van der Waals surface area (Å²) in [6.45, 7) is 9.45. The van der Waals surface area contributed by atoms with E-state index in [0.29, 0.717) is 12.1 Å². The minimum Gasteiger partial charge on any atom is -0.396 e. The summed E-state index contributed by atoms with van der Waals surface area (Å²) in [4.78, 5) is 4.32. The van der Waals surface area contributed by atoms with E-state index >= 15 is 0 Å². The maximum atomic E-state index is 5.90. The van der Waals surface area contributed by atoms with Crippen LogP contribution in [0.1, 0.15) is 57.9 Å². The Bertz CT molecular complexity index is 494. The molecule has 1 aliphatic carbocycles. The molecule has 5 heteroatoms. The summed E-state index contributed by atoms with van der Waals surface area (Å²) in [7, 11) is 0. The van der Waals surface area contributed by atoms with E-state index in [2.05, 4.69) is 29.5 Å². The van der Waals surface area contributed by atoms with Gasteiger partial charge in [-0.25, -0.2) is 4.98 Å². The van der Waals surface area contributed by atoms with Crippen molar-refractivity contribution in [2.24, 2.45) is 5.92 Å². The average Bonchev–Trinajstić information content (AvgIpc) is 2.61. The van der Waals surface area contributed by atoms with Gasteiger partial charge in [-0.1, -0.05) is 6.92 Å². The summed E-state index contributed by atoms with van der Waals surface area (Å²) in [5.74, 6) is 1.77. The SMILES string of the molecule is CCOC1CCC(C)CC1.Cc1cnc(NC2CCNCC2)c(N)c1. The van der Waals surface area contributed by atoms with Gasteiger partial charge in [0.15, 0.2) is 0 Å². The van der Waals surface area contributed by atoms with Crippen LogP contribution in [0, 0.1) is 12.8 Å². The maximum Gasteiger partial charge on any atom is 0.149 e. The molecular formula is C20H36N4O. The molecule has 0 bridgehead atoms. The number of nitrogens with two attached hydrogens (primary N) is 1. The summed E-state index contributed by atoms with van der Waals surface area (Å²) in [6, 6.07) is 2.46. The van der Waals surface area contributed by atoms with Crippen LogP contribution in [0.2, 0.25) is 0 Å². The molecule has 1 aromatic rings. The third-order valence-corrected chi connectivity index (χ3v) is 5.10. The van der Waals surface area contributed by atoms with Gasteiger partial charge in [0, 0.05) is 18.8 Å². The molecule has 2 fully saturated rings. The quantitative estimate of drug-likeness (QED) is 0.773. The molecule has 1 aliphatic heterocycles. The number of nitrogen functional groups attached to an aromatic ring is 1. The van der Waals surface area contributed by atoms with Gasteiger partial charge in [-0.3, -0.25) is 0 Å². The van der Waals surface area contributed by atoms with Gasteiger partial charge in [0.05, 0.1) is 11.8 Å². The molecule has 2 aliphatic rings. The Morgan fingerprint density at radius 1 is 1.20 bits per heavy atom. The Kier molecular flexibility index (Phi) is 8.49. The van der Waals surface area contributed by atoms with Gasteiger partial charge < -0.3 is 21.1 Å². The number of hydrogen-bond donors (Lipinski definition) is 3. The van der Waals surface area contributed by atoms with Crippen LogP contribution < -0.4 is 16.4 Å². The molecule has 2 heterocycles. The van der Waals surface area contributed by atoms with Crippen molar-refractivity contribution in [3.63, 3.8) is 0 Å². The van der Waals surface area contributed by atoms with Crippen LogP contribution >= 0.6 is 0 Å². The van der Waals surface area contributed by atoms with Crippen LogP contribution in [0.3, 0.4) is 0 Å². The van der Waals surface area contributed by atoms with Crippen molar-refractivity contribution in [3.05, 3.63) is 17.8 Å². The van der Waals surface area contributed by atoms with Crippen LogP contribution in [-0.2, 0) is 4.74 Å². The molecule has 5 nitrogen and oxygen atoms in total. The summed E-state index contributed by atoms with van der Waals surface area (Å²) >= 11 is 0. The number of anilines is 2. The normalized spacial score (nSPS) is 24.3. The summed E-state index contributed by atoms with van der Waals surface area (Å²) < 4.78 is 5.53. The molecule has 0 spiro atoms. The number of aryl methyl sites for hydroxylation is 1. The number of piperidine rings is 1. The second-order valence-electron chi connectivity index (χ2n) is 7.46. The van der Waals surface area contributed by atoms with E-state index < -0.39 is 0 Å². The van der Waals surface area contributed by atoms with Crippen molar-refractivity contribution < 1.29 is 4.74 Å². The predicted octanol–water partition coefficient (Wildman–Crippen LogP) is 3.74. The maximum absolute atomic E-state index is 5.90. The highest BCUT2D eigenvalue weighted by atomic mass is 16.5. The lowest BCUT2D eigenvalue weighted by Gasteiger charge is -2.25. The van der Waals surface area contributed by atoms with E-state index in [0.717, 1.165) is 55.5 Å². The lowest BCUT2D eigenvalue weighted by molar-refractivity contribution is 0.0276. The lowest BCUT2D eigenvalue weighted by atomic mass is 9.89. The predicted molar refractivity (Wildman–Crippen MR) is 106 cm³/mol. The van der Waals surface area contributed by atoms with Crippen LogP contribution in [0.4, 0.5) is 11.5 Å². The number of ether oxygens (including phenoxy) is 1. The smallest absolute Gasteiger partial charge is 0.149 e. The van der Waals surface area contributed by atoms with Gasteiger partial charge in [0.2, 0.25) is 0 Å². The van der Waals surface area contributed by atoms with Crippen LogP contribution in [-0.4, -0.2) is 36.8 Å². The standard InChI is InChI=1S/C11H18N4.C9H18O/c1-8-6-10(12)11(14-7-8)15-9-2-4-13-5-3-9;1-3-10-9-6-4-8(2)5-7-9/h6-7,9,13H,2-5,12H2,1H3,(H,14,15);8-9H,3-7H2,1-2H3. The third-order valence-electron chi connectivity index (χ3n) is 5.10. The molecule has 142 valence electrons. The first-order valence-electron chi connectivity index (χ1n) is 9.89. The molecule has 0 amide bonds. The lowest BCUT2D eigenvalue weighted by Crippen LogP contribution is -2.35. The van der Waals surface area contributed by atoms with Gasteiger partial charge in [-0.05, 0) is 83.0 Å². The number of pyridine rings is 1. The summed E-state index contributed by atoms with van der Waals surface area (Å²) in [6.07, 6.45) is 10.0. The highest BCUT2D eigenvalue weighted by molar-refractivity contribution is 5.62. The van der Waals surface area contributed by atoms with Crippen LogP contribution in [0.15, 0.2) is 12.3 Å².